The third-order valence-corrected chi connectivity index (χ3v) is 3.51. The summed E-state index contributed by atoms with van der Waals surface area (Å²) in [4.78, 5) is 0. The summed E-state index contributed by atoms with van der Waals surface area (Å²) in [6.07, 6.45) is 12.6. The second-order valence-electron chi connectivity index (χ2n) is 5.05. The SMILES string of the molecule is CCCCCCC(C)[C](C)CCCCC. The molecule has 0 amide bonds. The molecule has 1 unspecified atom stereocenters. The van der Waals surface area contributed by atoms with Gasteiger partial charge in [-0.3, -0.25) is 0 Å². The molecule has 91 valence electrons. The van der Waals surface area contributed by atoms with Gasteiger partial charge in [0.15, 0.2) is 0 Å². The molecule has 0 rings (SSSR count). The molecular weight excluding hydrogens is 180 g/mol. The summed E-state index contributed by atoms with van der Waals surface area (Å²) in [5.74, 6) is 2.60. The Bertz CT molecular complexity index is 117. The van der Waals surface area contributed by atoms with Crippen molar-refractivity contribution in [2.75, 3.05) is 0 Å². The largest absolute Gasteiger partial charge is 0.0654 e. The molecule has 0 spiro atoms. The first kappa shape index (κ1) is 15.0. The molecule has 0 aromatic heterocycles. The number of unbranched alkanes of at least 4 members (excludes halogenated alkanes) is 5. The van der Waals surface area contributed by atoms with Crippen molar-refractivity contribution in [3.05, 3.63) is 5.92 Å². The first-order valence-corrected chi connectivity index (χ1v) is 7.04. The van der Waals surface area contributed by atoms with Gasteiger partial charge in [-0.25, -0.2) is 0 Å². The number of rotatable bonds is 10. The molecule has 0 aliphatic heterocycles. The second kappa shape index (κ2) is 10.5. The second-order valence-corrected chi connectivity index (χ2v) is 5.05. The van der Waals surface area contributed by atoms with Crippen molar-refractivity contribution in [1.82, 2.24) is 0 Å². The summed E-state index contributed by atoms with van der Waals surface area (Å²) in [7, 11) is 0. The molecule has 0 saturated carbocycles. The summed E-state index contributed by atoms with van der Waals surface area (Å²) >= 11 is 0. The molecule has 15 heavy (non-hydrogen) atoms. The van der Waals surface area contributed by atoms with Crippen LogP contribution in [0.5, 0.6) is 0 Å². The van der Waals surface area contributed by atoms with E-state index in [0.717, 1.165) is 5.92 Å². The lowest BCUT2D eigenvalue weighted by Gasteiger charge is -2.19. The quantitative estimate of drug-likeness (QED) is 0.402. The maximum Gasteiger partial charge on any atom is -0.0244 e. The van der Waals surface area contributed by atoms with Crippen LogP contribution in [-0.4, -0.2) is 0 Å². The van der Waals surface area contributed by atoms with Crippen LogP contribution in [-0.2, 0) is 0 Å². The van der Waals surface area contributed by atoms with Gasteiger partial charge in [0.1, 0.15) is 0 Å². The van der Waals surface area contributed by atoms with Crippen molar-refractivity contribution in [2.45, 2.75) is 85.5 Å². The lowest BCUT2D eigenvalue weighted by atomic mass is 9.87. The van der Waals surface area contributed by atoms with Crippen LogP contribution in [0.2, 0.25) is 0 Å². The standard InChI is InChI=1S/C15H31/c1-5-7-9-11-13-15(4)14(3)12-10-8-6-2/h15H,5-13H2,1-4H3. The van der Waals surface area contributed by atoms with E-state index in [1.807, 2.05) is 0 Å². The molecule has 1 radical (unpaired) electrons. The van der Waals surface area contributed by atoms with Crippen molar-refractivity contribution >= 4 is 0 Å². The van der Waals surface area contributed by atoms with Gasteiger partial charge in [0.2, 0.25) is 0 Å². The van der Waals surface area contributed by atoms with Gasteiger partial charge in [-0.2, -0.15) is 0 Å². The van der Waals surface area contributed by atoms with Gasteiger partial charge in [0.25, 0.3) is 0 Å². The van der Waals surface area contributed by atoms with E-state index in [0.29, 0.717) is 0 Å². The van der Waals surface area contributed by atoms with E-state index >= 15 is 0 Å². The zero-order valence-electron chi connectivity index (χ0n) is 11.4. The number of hydrogen-bond donors (Lipinski definition) is 0. The summed E-state index contributed by atoms with van der Waals surface area (Å²) in [6.45, 7) is 9.34. The fourth-order valence-corrected chi connectivity index (χ4v) is 2.02. The van der Waals surface area contributed by atoms with E-state index in [4.69, 9.17) is 0 Å². The molecule has 0 aliphatic carbocycles. The topological polar surface area (TPSA) is 0 Å². The highest BCUT2D eigenvalue weighted by Crippen LogP contribution is 2.25. The Kier molecular flexibility index (Phi) is 10.5. The van der Waals surface area contributed by atoms with Crippen molar-refractivity contribution in [2.24, 2.45) is 5.92 Å². The van der Waals surface area contributed by atoms with Gasteiger partial charge in [-0.05, 0) is 18.3 Å². The van der Waals surface area contributed by atoms with Crippen LogP contribution in [0, 0.1) is 11.8 Å². The Labute approximate surface area is 97.8 Å². The smallest absolute Gasteiger partial charge is 0.0244 e. The van der Waals surface area contributed by atoms with Crippen LogP contribution in [0.3, 0.4) is 0 Å². The van der Waals surface area contributed by atoms with Crippen LogP contribution >= 0.6 is 0 Å². The highest BCUT2D eigenvalue weighted by Gasteiger charge is 2.11. The van der Waals surface area contributed by atoms with Crippen molar-refractivity contribution in [3.8, 4) is 0 Å². The third-order valence-electron chi connectivity index (χ3n) is 3.51. The van der Waals surface area contributed by atoms with Crippen LogP contribution in [0.1, 0.15) is 85.5 Å². The zero-order valence-corrected chi connectivity index (χ0v) is 11.4. The van der Waals surface area contributed by atoms with Gasteiger partial charge in [-0.1, -0.05) is 79.1 Å². The minimum atomic E-state index is 0.860. The minimum absolute atomic E-state index is 0.860. The predicted octanol–water partition coefficient (Wildman–Crippen LogP) is 5.77. The van der Waals surface area contributed by atoms with Gasteiger partial charge in [0, 0.05) is 0 Å². The van der Waals surface area contributed by atoms with Crippen LogP contribution < -0.4 is 0 Å². The molecule has 0 N–H and O–H groups in total. The van der Waals surface area contributed by atoms with Crippen molar-refractivity contribution in [3.63, 3.8) is 0 Å². The van der Waals surface area contributed by atoms with Crippen molar-refractivity contribution < 1.29 is 0 Å². The molecule has 0 aliphatic rings. The Morgan fingerprint density at radius 3 is 2.07 bits per heavy atom. The van der Waals surface area contributed by atoms with Crippen LogP contribution in [0.25, 0.3) is 0 Å². The highest BCUT2D eigenvalue weighted by molar-refractivity contribution is 4.89. The predicted molar refractivity (Wildman–Crippen MR) is 71.0 cm³/mol. The Balaban J connectivity index is 3.38. The van der Waals surface area contributed by atoms with Gasteiger partial charge >= 0.3 is 0 Å². The molecule has 0 heterocycles. The zero-order chi connectivity index (χ0) is 11.5. The van der Waals surface area contributed by atoms with E-state index in [-0.39, 0.29) is 0 Å². The lowest BCUT2D eigenvalue weighted by molar-refractivity contribution is 0.471. The molecule has 0 fully saturated rings. The average molecular weight is 211 g/mol. The average Bonchev–Trinajstić information content (AvgIpc) is 2.24. The molecule has 0 aromatic rings. The molecule has 0 bridgehead atoms. The Morgan fingerprint density at radius 1 is 0.867 bits per heavy atom. The Morgan fingerprint density at radius 2 is 1.47 bits per heavy atom. The van der Waals surface area contributed by atoms with Gasteiger partial charge in [0.05, 0.1) is 0 Å². The molecule has 1 atom stereocenters. The summed E-state index contributed by atoms with van der Waals surface area (Å²) < 4.78 is 0. The minimum Gasteiger partial charge on any atom is -0.0654 e. The third kappa shape index (κ3) is 8.96. The fraction of sp³-hybridized carbons (Fsp3) is 0.933. The van der Waals surface area contributed by atoms with Gasteiger partial charge < -0.3 is 0 Å². The molecule has 0 nitrogen and oxygen atoms in total. The highest BCUT2D eigenvalue weighted by atomic mass is 14.2. The van der Waals surface area contributed by atoms with E-state index in [2.05, 4.69) is 27.7 Å². The first-order chi connectivity index (χ1) is 7.22. The molecule has 0 saturated heterocycles. The van der Waals surface area contributed by atoms with E-state index in [1.54, 1.807) is 5.92 Å². The van der Waals surface area contributed by atoms with Gasteiger partial charge in [-0.15, -0.1) is 0 Å². The first-order valence-electron chi connectivity index (χ1n) is 7.04. The number of hydrogen-bond acceptors (Lipinski definition) is 0. The Hall–Kier alpha value is 0. The molecular formula is C15H31. The molecule has 0 heteroatoms. The lowest BCUT2D eigenvalue weighted by Crippen LogP contribution is -2.05. The van der Waals surface area contributed by atoms with Crippen LogP contribution in [0.15, 0.2) is 0 Å². The fourth-order valence-electron chi connectivity index (χ4n) is 2.02. The maximum atomic E-state index is 2.41. The summed E-state index contributed by atoms with van der Waals surface area (Å²) in [6, 6.07) is 0. The van der Waals surface area contributed by atoms with Crippen LogP contribution in [0.4, 0.5) is 0 Å². The van der Waals surface area contributed by atoms with E-state index in [1.165, 1.54) is 57.8 Å². The van der Waals surface area contributed by atoms with Crippen molar-refractivity contribution in [1.29, 1.82) is 0 Å². The normalized spacial score (nSPS) is 13.4. The van der Waals surface area contributed by atoms with E-state index < -0.39 is 0 Å². The van der Waals surface area contributed by atoms with E-state index in [9.17, 15) is 0 Å². The monoisotopic (exact) mass is 211 g/mol. The summed E-state index contributed by atoms with van der Waals surface area (Å²) in [5, 5.41) is 0. The summed E-state index contributed by atoms with van der Waals surface area (Å²) in [5.41, 5.74) is 0. The maximum absolute atomic E-state index is 2.41. The molecule has 0 aromatic carbocycles.